The maximum absolute atomic E-state index is 12.4. The van der Waals surface area contributed by atoms with Crippen LogP contribution in [0.15, 0.2) is 36.4 Å². The topological polar surface area (TPSA) is 83.1 Å². The summed E-state index contributed by atoms with van der Waals surface area (Å²) in [7, 11) is 0. The predicted molar refractivity (Wildman–Crippen MR) is 94.2 cm³/mol. The van der Waals surface area contributed by atoms with E-state index in [4.69, 9.17) is 25.8 Å². The maximum Gasteiger partial charge on any atom is 0.387 e. The van der Waals surface area contributed by atoms with Gasteiger partial charge >= 0.3 is 12.6 Å². The lowest BCUT2D eigenvalue weighted by molar-refractivity contribution is -0.123. The van der Waals surface area contributed by atoms with E-state index in [0.29, 0.717) is 5.75 Å². The summed E-state index contributed by atoms with van der Waals surface area (Å²) in [6.07, 6.45) is -1.23. The zero-order valence-corrected chi connectivity index (χ0v) is 15.2. The first kappa shape index (κ1) is 19.7. The van der Waals surface area contributed by atoms with E-state index in [2.05, 4.69) is 10.1 Å². The summed E-state index contributed by atoms with van der Waals surface area (Å²) >= 11 is 6.02. The largest absolute Gasteiger partial charge is 0.454 e. The first-order chi connectivity index (χ1) is 13.3. The summed E-state index contributed by atoms with van der Waals surface area (Å²) in [5.74, 6) is -1.16. The van der Waals surface area contributed by atoms with Crippen LogP contribution in [-0.4, -0.2) is 31.4 Å². The third kappa shape index (κ3) is 4.42. The first-order valence-electron chi connectivity index (χ1n) is 8.00. The highest BCUT2D eigenvalue weighted by atomic mass is 35.5. The van der Waals surface area contributed by atoms with E-state index in [1.807, 2.05) is 0 Å². The van der Waals surface area contributed by atoms with E-state index in [1.165, 1.54) is 43.3 Å². The molecule has 2 aromatic rings. The van der Waals surface area contributed by atoms with Crippen LogP contribution in [0.5, 0.6) is 17.2 Å². The van der Waals surface area contributed by atoms with Gasteiger partial charge in [0.05, 0.1) is 16.3 Å². The number of ether oxygens (including phenoxy) is 4. The molecule has 1 unspecified atom stereocenters. The van der Waals surface area contributed by atoms with E-state index in [0.717, 1.165) is 0 Å². The van der Waals surface area contributed by atoms with Gasteiger partial charge in [-0.15, -0.1) is 0 Å². The van der Waals surface area contributed by atoms with Crippen molar-refractivity contribution < 1.29 is 37.3 Å². The molecule has 1 heterocycles. The number of para-hydroxylation sites is 2. The average molecular weight is 414 g/mol. The molecular weight excluding hydrogens is 400 g/mol. The smallest absolute Gasteiger partial charge is 0.387 e. The monoisotopic (exact) mass is 413 g/mol. The van der Waals surface area contributed by atoms with Crippen molar-refractivity contribution in [3.8, 4) is 17.2 Å². The molecule has 0 saturated heterocycles. The van der Waals surface area contributed by atoms with Crippen LogP contribution >= 0.6 is 11.6 Å². The Morgan fingerprint density at radius 3 is 2.71 bits per heavy atom. The van der Waals surface area contributed by atoms with Crippen molar-refractivity contribution >= 4 is 29.2 Å². The van der Waals surface area contributed by atoms with Crippen LogP contribution in [0.4, 0.5) is 14.5 Å². The zero-order valence-electron chi connectivity index (χ0n) is 14.4. The van der Waals surface area contributed by atoms with Crippen molar-refractivity contribution in [2.45, 2.75) is 19.6 Å². The van der Waals surface area contributed by atoms with E-state index in [-0.39, 0.29) is 34.6 Å². The number of rotatable bonds is 6. The van der Waals surface area contributed by atoms with Gasteiger partial charge in [0.2, 0.25) is 6.79 Å². The van der Waals surface area contributed by atoms with Crippen molar-refractivity contribution in [3.63, 3.8) is 0 Å². The minimum Gasteiger partial charge on any atom is -0.454 e. The zero-order chi connectivity index (χ0) is 20.3. The van der Waals surface area contributed by atoms with E-state index >= 15 is 0 Å². The molecular formula is C18H14ClF2NO6. The van der Waals surface area contributed by atoms with Crippen molar-refractivity contribution in [2.75, 3.05) is 12.1 Å². The fraction of sp³-hybridized carbons (Fsp3) is 0.222. The molecule has 0 spiro atoms. The highest BCUT2D eigenvalue weighted by molar-refractivity contribution is 6.32. The molecule has 1 aliphatic rings. The Bertz CT molecular complexity index is 908. The maximum atomic E-state index is 12.4. The summed E-state index contributed by atoms with van der Waals surface area (Å²) in [5.41, 5.74) is 0.0807. The Morgan fingerprint density at radius 1 is 1.21 bits per heavy atom. The number of amides is 1. The Labute approximate surface area is 163 Å². The van der Waals surface area contributed by atoms with Crippen LogP contribution < -0.4 is 19.5 Å². The molecule has 148 valence electrons. The second-order valence-electron chi connectivity index (χ2n) is 5.60. The minimum atomic E-state index is -3.05. The van der Waals surface area contributed by atoms with Gasteiger partial charge in [0.15, 0.2) is 17.6 Å². The van der Waals surface area contributed by atoms with Gasteiger partial charge in [0, 0.05) is 0 Å². The number of benzene rings is 2. The van der Waals surface area contributed by atoms with Gasteiger partial charge in [-0.25, -0.2) is 4.79 Å². The van der Waals surface area contributed by atoms with Crippen LogP contribution in [0.1, 0.15) is 17.3 Å². The van der Waals surface area contributed by atoms with Crippen LogP contribution in [0.3, 0.4) is 0 Å². The number of anilines is 1. The summed E-state index contributed by atoms with van der Waals surface area (Å²) in [6, 6.07) is 8.36. The van der Waals surface area contributed by atoms with Gasteiger partial charge in [-0.05, 0) is 31.2 Å². The number of nitrogens with one attached hydrogen (secondary N) is 1. The normalized spacial score (nSPS) is 13.2. The Balaban J connectivity index is 1.66. The van der Waals surface area contributed by atoms with Crippen LogP contribution in [0.2, 0.25) is 5.02 Å². The molecule has 1 atom stereocenters. The summed E-state index contributed by atoms with van der Waals surface area (Å²) in [6.45, 7) is -1.74. The molecule has 0 aliphatic carbocycles. The molecule has 0 radical (unpaired) electrons. The van der Waals surface area contributed by atoms with Crippen molar-refractivity contribution in [3.05, 3.63) is 47.0 Å². The number of esters is 1. The Morgan fingerprint density at radius 2 is 1.96 bits per heavy atom. The number of halogens is 3. The van der Waals surface area contributed by atoms with Gasteiger partial charge in [-0.2, -0.15) is 8.78 Å². The number of alkyl halides is 2. The molecule has 0 bridgehead atoms. The van der Waals surface area contributed by atoms with Gasteiger partial charge in [-0.1, -0.05) is 23.7 Å². The molecule has 0 aromatic heterocycles. The van der Waals surface area contributed by atoms with Crippen LogP contribution in [0.25, 0.3) is 0 Å². The fourth-order valence-electron chi connectivity index (χ4n) is 2.37. The second kappa shape index (κ2) is 8.30. The predicted octanol–water partition coefficient (Wildman–Crippen LogP) is 3.85. The molecule has 1 aliphatic heterocycles. The fourth-order valence-corrected chi connectivity index (χ4v) is 2.64. The third-order valence-corrected chi connectivity index (χ3v) is 3.96. The number of carbonyl (C=O) groups excluding carboxylic acids is 2. The molecule has 0 saturated carbocycles. The molecule has 1 N–H and O–H groups in total. The molecule has 3 rings (SSSR count). The van der Waals surface area contributed by atoms with Gasteiger partial charge < -0.3 is 24.3 Å². The van der Waals surface area contributed by atoms with Crippen LogP contribution in [-0.2, 0) is 9.53 Å². The lowest BCUT2D eigenvalue weighted by Gasteiger charge is -2.16. The lowest BCUT2D eigenvalue weighted by Crippen LogP contribution is -2.30. The SMILES string of the molecule is CC(OC(=O)c1cc(Cl)c2c(c1)OCO2)C(=O)Nc1ccccc1OC(F)F. The summed E-state index contributed by atoms with van der Waals surface area (Å²) in [4.78, 5) is 24.6. The summed E-state index contributed by atoms with van der Waals surface area (Å²) in [5, 5.41) is 2.54. The Hall–Kier alpha value is -3.07. The van der Waals surface area contributed by atoms with Gasteiger partial charge in [0.1, 0.15) is 5.75 Å². The molecule has 0 fully saturated rings. The van der Waals surface area contributed by atoms with Crippen molar-refractivity contribution in [1.29, 1.82) is 0 Å². The Kier molecular flexibility index (Phi) is 5.84. The molecule has 7 nitrogen and oxygen atoms in total. The standard InChI is InChI=1S/C18H14ClF2NO6/c1-9(16(23)22-12-4-2-3-5-13(12)28-18(20)21)27-17(24)10-6-11(19)15-14(7-10)25-8-26-15/h2-7,9,18H,8H2,1H3,(H,22,23). The lowest BCUT2D eigenvalue weighted by atomic mass is 10.2. The molecule has 10 heteroatoms. The van der Waals surface area contributed by atoms with E-state index < -0.39 is 24.6 Å². The minimum absolute atomic E-state index is 0.0156. The van der Waals surface area contributed by atoms with Crippen LogP contribution in [0, 0.1) is 0 Å². The second-order valence-corrected chi connectivity index (χ2v) is 6.01. The average Bonchev–Trinajstić information content (AvgIpc) is 3.12. The first-order valence-corrected chi connectivity index (χ1v) is 8.37. The quantitative estimate of drug-likeness (QED) is 0.724. The highest BCUT2D eigenvalue weighted by Gasteiger charge is 2.24. The van der Waals surface area contributed by atoms with Gasteiger partial charge in [0.25, 0.3) is 5.91 Å². The van der Waals surface area contributed by atoms with Crippen molar-refractivity contribution in [2.24, 2.45) is 0 Å². The molecule has 1 amide bonds. The number of fused-ring (bicyclic) bond motifs is 1. The third-order valence-electron chi connectivity index (χ3n) is 3.68. The van der Waals surface area contributed by atoms with E-state index in [1.54, 1.807) is 0 Å². The van der Waals surface area contributed by atoms with E-state index in [9.17, 15) is 18.4 Å². The molecule has 2 aromatic carbocycles. The van der Waals surface area contributed by atoms with Crippen molar-refractivity contribution in [1.82, 2.24) is 0 Å². The highest BCUT2D eigenvalue weighted by Crippen LogP contribution is 2.40. The number of hydrogen-bond donors (Lipinski definition) is 1. The number of carbonyl (C=O) groups is 2. The summed E-state index contributed by atoms with van der Waals surface area (Å²) < 4.78 is 44.7. The number of hydrogen-bond acceptors (Lipinski definition) is 6. The molecule has 28 heavy (non-hydrogen) atoms. The van der Waals surface area contributed by atoms with Gasteiger partial charge in [-0.3, -0.25) is 4.79 Å².